The highest BCUT2D eigenvalue weighted by Gasteiger charge is 2.48. The molecule has 0 heterocycles. The Balaban J connectivity index is 4.85. The fraction of sp³-hybridized carbons (Fsp3) is 0.600. The van der Waals surface area contributed by atoms with Crippen molar-refractivity contribution < 1.29 is 9.59 Å². The first kappa shape index (κ1) is 15.2. The van der Waals surface area contributed by atoms with Crippen LogP contribution in [0.25, 0.3) is 0 Å². The molecule has 0 atom stereocenters. The van der Waals surface area contributed by atoms with Gasteiger partial charge in [0.1, 0.15) is 0 Å². The van der Waals surface area contributed by atoms with Crippen LogP contribution in [0.5, 0.6) is 0 Å². The molecular weight excluding hydrogens is 571 g/mol. The van der Waals surface area contributed by atoms with Crippen LogP contribution in [0.2, 0.25) is 0 Å². The van der Waals surface area contributed by atoms with E-state index >= 15 is 0 Å². The monoisotopic (exact) mass is 568 g/mol. The molecule has 0 radical (unpaired) electrons. The van der Waals surface area contributed by atoms with Crippen molar-refractivity contribution in [1.82, 2.24) is 0 Å². The van der Waals surface area contributed by atoms with Crippen LogP contribution in [-0.2, 0) is 9.59 Å². The maximum absolute atomic E-state index is 11.6. The van der Waals surface area contributed by atoms with Crippen LogP contribution in [-0.4, -0.2) is 22.3 Å². The van der Waals surface area contributed by atoms with E-state index in [2.05, 4.69) is 95.6 Å². The van der Waals surface area contributed by atoms with Crippen molar-refractivity contribution in [3.05, 3.63) is 0 Å². The summed E-state index contributed by atoms with van der Waals surface area (Å²) < 4.78 is -2.50. The predicted octanol–water partition coefficient (Wildman–Crippen LogP) is 3.84. The Kier molecular flexibility index (Phi) is 6.46. The van der Waals surface area contributed by atoms with Crippen LogP contribution >= 0.6 is 95.6 Å². The standard InChI is InChI=1S/C5H2Br6O2/c6-1-2(12)4(7,8)3(13)5(9,10)11/h1H2. The maximum Gasteiger partial charge on any atom is 0.205 e. The minimum absolute atomic E-state index is 0.0817. The van der Waals surface area contributed by atoms with E-state index in [1.807, 2.05) is 0 Å². The Morgan fingerprint density at radius 1 is 1.00 bits per heavy atom. The normalized spacial score (nSPS) is 12.8. The van der Waals surface area contributed by atoms with Gasteiger partial charge in [0.05, 0.1) is 5.33 Å². The quantitative estimate of drug-likeness (QED) is 0.380. The molecule has 0 rings (SSSR count). The molecule has 76 valence electrons. The molecule has 13 heavy (non-hydrogen) atoms. The number of rotatable bonds is 3. The number of ketones is 2. The Morgan fingerprint density at radius 3 is 1.62 bits per heavy atom. The summed E-state index contributed by atoms with van der Waals surface area (Å²) >= 11 is 18.1. The van der Waals surface area contributed by atoms with Crippen LogP contribution in [0.15, 0.2) is 0 Å². The van der Waals surface area contributed by atoms with E-state index in [0.29, 0.717) is 0 Å². The molecule has 0 bridgehead atoms. The second-order valence-corrected chi connectivity index (χ2v) is 12.7. The third kappa shape index (κ3) is 4.30. The van der Waals surface area contributed by atoms with Gasteiger partial charge in [0.25, 0.3) is 0 Å². The molecule has 0 N–H and O–H groups in total. The van der Waals surface area contributed by atoms with E-state index in [-0.39, 0.29) is 11.1 Å². The van der Waals surface area contributed by atoms with Crippen molar-refractivity contribution in [2.75, 3.05) is 5.33 Å². The molecule has 0 saturated heterocycles. The summed E-state index contributed by atoms with van der Waals surface area (Å²) in [6, 6.07) is 0. The highest BCUT2D eigenvalue weighted by atomic mass is 80.0. The molecule has 0 unspecified atom stereocenters. The maximum atomic E-state index is 11.6. The minimum Gasteiger partial charge on any atom is -0.296 e. The van der Waals surface area contributed by atoms with Gasteiger partial charge in [0.15, 0.2) is 7.93 Å². The summed E-state index contributed by atoms with van der Waals surface area (Å²) in [4.78, 5) is 22.9. The summed E-state index contributed by atoms with van der Waals surface area (Å²) in [6.45, 7) is 0. The van der Waals surface area contributed by atoms with Gasteiger partial charge in [0, 0.05) is 0 Å². The first-order valence-electron chi connectivity index (χ1n) is 2.72. The Morgan fingerprint density at radius 2 is 1.38 bits per heavy atom. The fourth-order valence-electron chi connectivity index (χ4n) is 0.389. The number of alkyl halides is 6. The molecule has 0 fully saturated rings. The SMILES string of the molecule is O=C(CBr)C(Br)(Br)C(=O)C(Br)(Br)Br. The van der Waals surface area contributed by atoms with Gasteiger partial charge in [-0.2, -0.15) is 0 Å². The van der Waals surface area contributed by atoms with Crippen LogP contribution in [0.3, 0.4) is 0 Å². The van der Waals surface area contributed by atoms with Gasteiger partial charge >= 0.3 is 0 Å². The Hall–Kier alpha value is 2.22. The van der Waals surface area contributed by atoms with Crippen molar-refractivity contribution in [3.8, 4) is 0 Å². The van der Waals surface area contributed by atoms with Crippen molar-refractivity contribution in [1.29, 1.82) is 0 Å². The zero-order valence-corrected chi connectivity index (χ0v) is 15.3. The van der Waals surface area contributed by atoms with E-state index in [4.69, 9.17) is 0 Å². The molecule has 0 aliphatic rings. The molecule has 0 aromatic rings. The lowest BCUT2D eigenvalue weighted by Crippen LogP contribution is -2.41. The average molecular weight is 573 g/mol. The van der Waals surface area contributed by atoms with E-state index in [0.717, 1.165) is 0 Å². The molecule has 0 aromatic carbocycles. The molecular formula is C5H2Br6O2. The largest absolute Gasteiger partial charge is 0.296 e. The summed E-state index contributed by atoms with van der Waals surface area (Å²) in [5.74, 6) is -0.746. The number of hydrogen-bond donors (Lipinski definition) is 0. The first-order chi connectivity index (χ1) is 5.64. The second kappa shape index (κ2) is 5.52. The number of carbonyl (C=O) groups is 2. The smallest absolute Gasteiger partial charge is 0.205 e. The van der Waals surface area contributed by atoms with Gasteiger partial charge < -0.3 is 0 Å². The molecule has 0 aliphatic heterocycles. The summed E-state index contributed by atoms with van der Waals surface area (Å²) in [5.41, 5.74) is 0. The van der Waals surface area contributed by atoms with E-state index in [1.54, 1.807) is 0 Å². The fourth-order valence-corrected chi connectivity index (χ4v) is 4.93. The van der Waals surface area contributed by atoms with Gasteiger partial charge in [-0.15, -0.1) is 0 Å². The topological polar surface area (TPSA) is 34.1 Å². The first-order valence-corrected chi connectivity index (χ1v) is 7.81. The van der Waals surface area contributed by atoms with Gasteiger partial charge in [-0.05, 0) is 0 Å². The van der Waals surface area contributed by atoms with Crippen molar-refractivity contribution in [2.24, 2.45) is 0 Å². The van der Waals surface area contributed by atoms with Crippen LogP contribution in [0, 0.1) is 0 Å². The number of halogens is 6. The van der Waals surface area contributed by atoms with Crippen molar-refractivity contribution in [2.45, 2.75) is 5.38 Å². The molecule has 0 saturated carbocycles. The number of Topliss-reactive ketones (excluding diaryl/α,β-unsaturated/α-hetero) is 2. The Bertz CT molecular complexity index is 230. The number of hydrogen-bond acceptors (Lipinski definition) is 2. The summed E-state index contributed by atoms with van der Waals surface area (Å²) in [6.07, 6.45) is 0. The molecule has 0 spiro atoms. The highest BCUT2D eigenvalue weighted by molar-refractivity contribution is 9.40. The lowest BCUT2D eigenvalue weighted by molar-refractivity contribution is -0.124. The van der Waals surface area contributed by atoms with Gasteiger partial charge in [0.2, 0.25) is 9.02 Å². The predicted molar refractivity (Wildman–Crippen MR) is 73.9 cm³/mol. The third-order valence-corrected chi connectivity index (χ3v) is 4.21. The second-order valence-electron chi connectivity index (χ2n) is 1.96. The van der Waals surface area contributed by atoms with E-state index in [9.17, 15) is 9.59 Å². The lowest BCUT2D eigenvalue weighted by atomic mass is 10.2. The summed E-state index contributed by atoms with van der Waals surface area (Å²) in [5, 5.41) is 0.0817. The van der Waals surface area contributed by atoms with E-state index < -0.39 is 11.2 Å². The molecule has 0 amide bonds. The average Bonchev–Trinajstić information content (AvgIpc) is 1.99. The number of carbonyl (C=O) groups excluding carboxylic acids is 2. The van der Waals surface area contributed by atoms with Crippen molar-refractivity contribution in [3.63, 3.8) is 0 Å². The zero-order valence-electron chi connectivity index (χ0n) is 5.79. The molecule has 8 heteroatoms. The molecule has 0 aromatic heterocycles. The van der Waals surface area contributed by atoms with Gasteiger partial charge in [-0.1, -0.05) is 95.6 Å². The van der Waals surface area contributed by atoms with Crippen molar-refractivity contribution >= 4 is 107 Å². The van der Waals surface area contributed by atoms with Crippen LogP contribution in [0.4, 0.5) is 0 Å². The van der Waals surface area contributed by atoms with Crippen LogP contribution in [0.1, 0.15) is 0 Å². The molecule has 0 aliphatic carbocycles. The summed E-state index contributed by atoms with van der Waals surface area (Å²) in [7, 11) is 0. The van der Waals surface area contributed by atoms with Gasteiger partial charge in [-0.3, -0.25) is 9.59 Å². The zero-order chi connectivity index (χ0) is 10.9. The van der Waals surface area contributed by atoms with E-state index in [1.165, 1.54) is 0 Å². The van der Waals surface area contributed by atoms with Crippen LogP contribution < -0.4 is 0 Å². The third-order valence-electron chi connectivity index (χ3n) is 1.01. The molecule has 2 nitrogen and oxygen atoms in total. The van der Waals surface area contributed by atoms with Gasteiger partial charge in [-0.25, -0.2) is 0 Å². The highest BCUT2D eigenvalue weighted by Crippen LogP contribution is 2.43. The lowest BCUT2D eigenvalue weighted by Gasteiger charge is -2.21. The minimum atomic E-state index is -1.39. The Labute approximate surface area is 126 Å².